The maximum atomic E-state index is 3.72. The van der Waals surface area contributed by atoms with Gasteiger partial charge in [0.25, 0.3) is 0 Å². The molecule has 0 saturated carbocycles. The van der Waals surface area contributed by atoms with Crippen molar-refractivity contribution >= 4 is 37.5 Å². The summed E-state index contributed by atoms with van der Waals surface area (Å²) >= 11 is 7.35. The molecule has 2 aromatic rings. The molecule has 0 spiro atoms. The minimum atomic E-state index is 0.403. The Morgan fingerprint density at radius 1 is 1.10 bits per heavy atom. The number of rotatable bonds is 2. The molecule has 0 bridgehead atoms. The first-order chi connectivity index (χ1) is 9.56. The molecular weight excluding hydrogens is 378 g/mol. The maximum Gasteiger partial charge on any atom is 0.0520 e. The number of benzene rings is 2. The molecule has 1 aliphatic carbocycles. The molecule has 2 aromatic carbocycles. The van der Waals surface area contributed by atoms with E-state index in [0.29, 0.717) is 6.04 Å². The number of nitrogens with one attached hydrogen (secondary N) is 1. The first-order valence-corrected chi connectivity index (χ1v) is 8.45. The molecule has 0 radical (unpaired) electrons. The van der Waals surface area contributed by atoms with Gasteiger partial charge in [0.15, 0.2) is 0 Å². The number of aryl methyl sites for hydroxylation is 2. The van der Waals surface area contributed by atoms with E-state index in [1.807, 2.05) is 0 Å². The number of hydrogen-bond donors (Lipinski definition) is 1. The summed E-state index contributed by atoms with van der Waals surface area (Å²) in [5, 5.41) is 3.72. The molecular formula is C17H17Br2N. The van der Waals surface area contributed by atoms with Gasteiger partial charge in [0.1, 0.15) is 0 Å². The number of fused-ring (bicyclic) bond motifs is 1. The van der Waals surface area contributed by atoms with Crippen molar-refractivity contribution in [1.82, 2.24) is 0 Å². The molecule has 0 amide bonds. The van der Waals surface area contributed by atoms with Gasteiger partial charge in [-0.3, -0.25) is 0 Å². The van der Waals surface area contributed by atoms with Crippen LogP contribution < -0.4 is 5.32 Å². The van der Waals surface area contributed by atoms with E-state index in [4.69, 9.17) is 0 Å². The van der Waals surface area contributed by atoms with Crippen molar-refractivity contribution in [2.75, 3.05) is 5.32 Å². The van der Waals surface area contributed by atoms with E-state index in [-0.39, 0.29) is 0 Å². The molecule has 1 unspecified atom stereocenters. The van der Waals surface area contributed by atoms with Gasteiger partial charge in [0, 0.05) is 8.95 Å². The maximum absolute atomic E-state index is 3.72. The molecule has 104 valence electrons. The van der Waals surface area contributed by atoms with E-state index in [1.54, 1.807) is 0 Å². The molecule has 3 heteroatoms. The third-order valence-corrected chi connectivity index (χ3v) is 5.33. The predicted molar refractivity (Wildman–Crippen MR) is 92.4 cm³/mol. The Balaban J connectivity index is 1.94. The Bertz CT molecular complexity index is 641. The topological polar surface area (TPSA) is 12.0 Å². The molecule has 0 aromatic heterocycles. The molecule has 0 fully saturated rings. The van der Waals surface area contributed by atoms with Crippen molar-refractivity contribution in [1.29, 1.82) is 0 Å². The van der Waals surface area contributed by atoms with Gasteiger partial charge in [0.2, 0.25) is 0 Å². The third-order valence-electron chi connectivity index (χ3n) is 3.96. The quantitative estimate of drug-likeness (QED) is 0.665. The van der Waals surface area contributed by atoms with Crippen LogP contribution in [0.5, 0.6) is 0 Å². The molecule has 20 heavy (non-hydrogen) atoms. The highest BCUT2D eigenvalue weighted by molar-refractivity contribution is 9.10. The van der Waals surface area contributed by atoms with Crippen molar-refractivity contribution in [3.05, 3.63) is 61.5 Å². The largest absolute Gasteiger partial charge is 0.377 e. The summed E-state index contributed by atoms with van der Waals surface area (Å²) in [6, 6.07) is 11.3. The first-order valence-electron chi connectivity index (χ1n) is 6.87. The summed E-state index contributed by atoms with van der Waals surface area (Å²) in [4.78, 5) is 0. The average Bonchev–Trinajstić information content (AvgIpc) is 2.78. The fourth-order valence-electron chi connectivity index (χ4n) is 3.03. The highest BCUT2D eigenvalue weighted by Gasteiger charge is 2.24. The van der Waals surface area contributed by atoms with Crippen LogP contribution in [-0.4, -0.2) is 0 Å². The van der Waals surface area contributed by atoms with E-state index in [2.05, 4.69) is 81.4 Å². The normalized spacial score (nSPS) is 17.1. The summed E-state index contributed by atoms with van der Waals surface area (Å²) in [5.74, 6) is 0. The van der Waals surface area contributed by atoms with Crippen LogP contribution in [0.3, 0.4) is 0 Å². The first kappa shape index (κ1) is 14.2. The summed E-state index contributed by atoms with van der Waals surface area (Å²) in [6.45, 7) is 4.29. The lowest BCUT2D eigenvalue weighted by molar-refractivity contribution is 0.760. The van der Waals surface area contributed by atoms with Gasteiger partial charge < -0.3 is 5.32 Å². The minimum absolute atomic E-state index is 0.403. The fourth-order valence-corrected chi connectivity index (χ4v) is 4.40. The van der Waals surface area contributed by atoms with Gasteiger partial charge in [-0.25, -0.2) is 0 Å². The van der Waals surface area contributed by atoms with Gasteiger partial charge in [-0.05, 0) is 77.0 Å². The molecule has 1 nitrogen and oxygen atoms in total. The Kier molecular flexibility index (Phi) is 3.91. The Morgan fingerprint density at radius 3 is 2.65 bits per heavy atom. The summed E-state index contributed by atoms with van der Waals surface area (Å²) in [5.41, 5.74) is 6.67. The zero-order chi connectivity index (χ0) is 14.3. The van der Waals surface area contributed by atoms with Crippen LogP contribution in [0.4, 0.5) is 5.69 Å². The fraction of sp³-hybridized carbons (Fsp3) is 0.294. The van der Waals surface area contributed by atoms with E-state index in [9.17, 15) is 0 Å². The molecule has 1 atom stereocenters. The van der Waals surface area contributed by atoms with Crippen LogP contribution in [-0.2, 0) is 6.42 Å². The van der Waals surface area contributed by atoms with Gasteiger partial charge in [0.05, 0.1) is 11.7 Å². The molecule has 3 rings (SSSR count). The van der Waals surface area contributed by atoms with Crippen LogP contribution >= 0.6 is 31.9 Å². The molecule has 0 saturated heterocycles. The van der Waals surface area contributed by atoms with Crippen molar-refractivity contribution < 1.29 is 0 Å². The van der Waals surface area contributed by atoms with Crippen molar-refractivity contribution in [2.45, 2.75) is 32.7 Å². The third kappa shape index (κ3) is 2.53. The van der Waals surface area contributed by atoms with E-state index >= 15 is 0 Å². The van der Waals surface area contributed by atoms with Gasteiger partial charge >= 0.3 is 0 Å². The van der Waals surface area contributed by atoms with E-state index < -0.39 is 0 Å². The molecule has 1 aliphatic rings. The Hall–Kier alpha value is -0.800. The second kappa shape index (κ2) is 5.53. The lowest BCUT2D eigenvalue weighted by atomic mass is 10.1. The monoisotopic (exact) mass is 393 g/mol. The van der Waals surface area contributed by atoms with Crippen molar-refractivity contribution in [3.63, 3.8) is 0 Å². The highest BCUT2D eigenvalue weighted by Crippen LogP contribution is 2.39. The lowest BCUT2D eigenvalue weighted by Gasteiger charge is -2.19. The van der Waals surface area contributed by atoms with Crippen LogP contribution in [0.1, 0.15) is 34.7 Å². The number of anilines is 1. The standard InChI is InChI=1S/C17H17Br2N/c1-10-8-11(2)17(15(19)9-10)20-16-7-6-12-13(16)4-3-5-14(12)18/h3-5,8-9,16,20H,6-7H2,1-2H3. The van der Waals surface area contributed by atoms with Crippen LogP contribution in [0, 0.1) is 13.8 Å². The second-order valence-corrected chi connectivity index (χ2v) is 7.19. The van der Waals surface area contributed by atoms with E-state index in [1.165, 1.54) is 32.4 Å². The number of halogens is 2. The summed E-state index contributed by atoms with van der Waals surface area (Å²) in [7, 11) is 0. The predicted octanol–water partition coefficient (Wildman–Crippen LogP) is 5.93. The Labute approximate surface area is 137 Å². The summed E-state index contributed by atoms with van der Waals surface area (Å²) < 4.78 is 2.39. The summed E-state index contributed by atoms with van der Waals surface area (Å²) in [6.07, 6.45) is 2.29. The second-order valence-electron chi connectivity index (χ2n) is 5.48. The molecule has 1 N–H and O–H groups in total. The van der Waals surface area contributed by atoms with Crippen LogP contribution in [0.25, 0.3) is 0 Å². The molecule has 0 heterocycles. The van der Waals surface area contributed by atoms with E-state index in [0.717, 1.165) is 17.3 Å². The lowest BCUT2D eigenvalue weighted by Crippen LogP contribution is -2.09. The SMILES string of the molecule is Cc1cc(C)c(NC2CCc3c(Br)cccc32)c(Br)c1. The Morgan fingerprint density at radius 2 is 1.90 bits per heavy atom. The minimum Gasteiger partial charge on any atom is -0.377 e. The number of hydrogen-bond acceptors (Lipinski definition) is 1. The van der Waals surface area contributed by atoms with Crippen LogP contribution in [0.15, 0.2) is 39.3 Å². The van der Waals surface area contributed by atoms with Gasteiger partial charge in [-0.15, -0.1) is 0 Å². The van der Waals surface area contributed by atoms with Crippen LogP contribution in [0.2, 0.25) is 0 Å². The smallest absolute Gasteiger partial charge is 0.0520 e. The van der Waals surface area contributed by atoms with Crippen molar-refractivity contribution in [2.24, 2.45) is 0 Å². The van der Waals surface area contributed by atoms with Crippen molar-refractivity contribution in [3.8, 4) is 0 Å². The zero-order valence-electron chi connectivity index (χ0n) is 11.6. The zero-order valence-corrected chi connectivity index (χ0v) is 14.8. The highest BCUT2D eigenvalue weighted by atomic mass is 79.9. The molecule has 0 aliphatic heterocycles. The average molecular weight is 395 g/mol. The van der Waals surface area contributed by atoms with Gasteiger partial charge in [-0.1, -0.05) is 34.1 Å². The van der Waals surface area contributed by atoms with Gasteiger partial charge in [-0.2, -0.15) is 0 Å².